The SMILES string of the molecule is CC(=O)C(C(=O)OC(C)C)C(C)C.C[CH2][AlH2]. The number of carbonyl (C=O) groups is 2. The van der Waals surface area contributed by atoms with Crippen molar-refractivity contribution in [3.63, 3.8) is 0 Å². The van der Waals surface area contributed by atoms with Crippen molar-refractivity contribution in [3.05, 3.63) is 0 Å². The van der Waals surface area contributed by atoms with E-state index < -0.39 is 11.9 Å². The molecular weight excluding hydrogens is 219 g/mol. The average Bonchev–Trinajstić information content (AvgIpc) is 2.00. The van der Waals surface area contributed by atoms with Crippen LogP contribution in [0.2, 0.25) is 5.28 Å². The first-order valence-corrected chi connectivity index (χ1v) is 7.40. The van der Waals surface area contributed by atoms with Gasteiger partial charge in [-0.25, -0.2) is 0 Å². The van der Waals surface area contributed by atoms with Crippen molar-refractivity contribution in [2.75, 3.05) is 0 Å². The van der Waals surface area contributed by atoms with E-state index in [1.54, 1.807) is 13.8 Å². The summed E-state index contributed by atoms with van der Waals surface area (Å²) in [6.45, 7) is 10.8. The van der Waals surface area contributed by atoms with Crippen molar-refractivity contribution < 1.29 is 14.3 Å². The Labute approximate surface area is 107 Å². The molecule has 0 aliphatic carbocycles. The monoisotopic (exact) mass is 244 g/mol. The summed E-state index contributed by atoms with van der Waals surface area (Å²) in [4.78, 5) is 22.5. The van der Waals surface area contributed by atoms with Crippen LogP contribution in [0, 0.1) is 11.8 Å². The Morgan fingerprint density at radius 1 is 1.19 bits per heavy atom. The summed E-state index contributed by atoms with van der Waals surface area (Å²) in [6, 6.07) is 0. The van der Waals surface area contributed by atoms with E-state index >= 15 is 0 Å². The fourth-order valence-electron chi connectivity index (χ4n) is 1.21. The molecule has 0 N–H and O–H groups in total. The zero-order valence-electron chi connectivity index (χ0n) is 11.7. The van der Waals surface area contributed by atoms with Gasteiger partial charge in [0.05, 0.1) is 6.10 Å². The van der Waals surface area contributed by atoms with E-state index in [4.69, 9.17) is 4.74 Å². The number of Topliss-reactive ketones (excluding diaryl/α,β-unsaturated/α-hetero) is 1. The number of hydrogen-bond donors (Lipinski definition) is 0. The number of hydrogen-bond acceptors (Lipinski definition) is 3. The minimum Gasteiger partial charge on any atom is -0.462 e. The smallest absolute Gasteiger partial charge is 0.316 e. The summed E-state index contributed by atoms with van der Waals surface area (Å²) in [7, 11) is 0. The molecule has 1 atom stereocenters. The highest BCUT2D eigenvalue weighted by atomic mass is 27.0. The summed E-state index contributed by atoms with van der Waals surface area (Å²) in [5.41, 5.74) is 0. The Balaban J connectivity index is 0. The summed E-state index contributed by atoms with van der Waals surface area (Å²) >= 11 is 1.37. The summed E-state index contributed by atoms with van der Waals surface area (Å²) in [5.74, 6) is -1.13. The Bertz CT molecular complexity index is 212. The largest absolute Gasteiger partial charge is 0.462 e. The lowest BCUT2D eigenvalue weighted by atomic mass is 9.92. The molecule has 4 heteroatoms. The molecule has 0 aromatic carbocycles. The van der Waals surface area contributed by atoms with Gasteiger partial charge in [-0.3, -0.25) is 9.59 Å². The van der Waals surface area contributed by atoms with Crippen molar-refractivity contribution in [3.8, 4) is 0 Å². The van der Waals surface area contributed by atoms with Crippen LogP contribution in [-0.2, 0) is 14.3 Å². The van der Waals surface area contributed by atoms with Gasteiger partial charge in [0.25, 0.3) is 0 Å². The molecule has 0 amide bonds. The van der Waals surface area contributed by atoms with E-state index in [0.717, 1.165) is 0 Å². The van der Waals surface area contributed by atoms with Crippen LogP contribution in [0.15, 0.2) is 0 Å². The van der Waals surface area contributed by atoms with Gasteiger partial charge in [0.1, 0.15) is 11.7 Å². The maximum absolute atomic E-state index is 11.4. The molecule has 1 unspecified atom stereocenters. The normalized spacial score (nSPS) is 11.8. The summed E-state index contributed by atoms with van der Waals surface area (Å²) < 4.78 is 4.98. The molecule has 0 aromatic rings. The Morgan fingerprint density at radius 2 is 1.56 bits per heavy atom. The van der Waals surface area contributed by atoms with Crippen LogP contribution >= 0.6 is 0 Å². The summed E-state index contributed by atoms with van der Waals surface area (Å²) in [6.07, 6.45) is -0.159. The molecule has 0 bridgehead atoms. The molecule has 0 radical (unpaired) electrons. The van der Waals surface area contributed by atoms with Gasteiger partial charge in [-0.2, -0.15) is 0 Å². The third-order valence-corrected chi connectivity index (χ3v) is 1.71. The third-order valence-electron chi connectivity index (χ3n) is 1.71. The second-order valence-electron chi connectivity index (χ2n) is 4.53. The number of carbonyl (C=O) groups excluding carboxylic acids is 2. The fraction of sp³-hybridized carbons (Fsp3) is 0.833. The van der Waals surface area contributed by atoms with E-state index in [1.807, 2.05) is 13.8 Å². The van der Waals surface area contributed by atoms with Gasteiger partial charge < -0.3 is 4.74 Å². The Hall–Kier alpha value is -0.328. The minimum absolute atomic E-state index is 0.00347. The molecule has 0 saturated heterocycles. The lowest BCUT2D eigenvalue weighted by Gasteiger charge is -2.17. The molecular formula is C12H25AlO3. The third kappa shape index (κ3) is 8.94. The first kappa shape index (κ1) is 18.0. The standard InChI is InChI=1S/C10H18O3.C2H5.Al.2H/c1-6(2)9(8(5)11)10(12)13-7(3)4;1-2;;;/h6-7,9H,1-5H3;1H2,2H3;;;. The molecule has 0 aliphatic heterocycles. The maximum atomic E-state index is 11.4. The highest BCUT2D eigenvalue weighted by Crippen LogP contribution is 2.14. The van der Waals surface area contributed by atoms with Crippen molar-refractivity contribution in [1.29, 1.82) is 0 Å². The predicted octanol–water partition coefficient (Wildman–Crippen LogP) is 1.86. The summed E-state index contributed by atoms with van der Waals surface area (Å²) in [5, 5.41) is 1.39. The van der Waals surface area contributed by atoms with E-state index in [2.05, 4.69) is 6.92 Å². The van der Waals surface area contributed by atoms with Crippen molar-refractivity contribution in [2.45, 2.75) is 52.9 Å². The van der Waals surface area contributed by atoms with Gasteiger partial charge in [-0.1, -0.05) is 20.8 Å². The van der Waals surface area contributed by atoms with Crippen molar-refractivity contribution >= 4 is 28.0 Å². The molecule has 16 heavy (non-hydrogen) atoms. The predicted molar refractivity (Wildman–Crippen MR) is 69.3 cm³/mol. The lowest BCUT2D eigenvalue weighted by molar-refractivity contribution is -0.156. The Morgan fingerprint density at radius 3 is 1.75 bits per heavy atom. The van der Waals surface area contributed by atoms with Gasteiger partial charge >= 0.3 is 5.97 Å². The minimum atomic E-state index is -0.609. The molecule has 0 saturated carbocycles. The zero-order valence-corrected chi connectivity index (χ0v) is 13.7. The molecule has 0 rings (SSSR count). The van der Waals surface area contributed by atoms with Crippen LogP contribution in [0.3, 0.4) is 0 Å². The quantitative estimate of drug-likeness (QED) is 0.430. The number of ether oxygens (including phenoxy) is 1. The molecule has 3 nitrogen and oxygen atoms in total. The maximum Gasteiger partial charge on any atom is 0.316 e. The fourth-order valence-corrected chi connectivity index (χ4v) is 1.21. The highest BCUT2D eigenvalue weighted by molar-refractivity contribution is 6.08. The van der Waals surface area contributed by atoms with Crippen molar-refractivity contribution in [2.24, 2.45) is 11.8 Å². The van der Waals surface area contributed by atoms with Crippen LogP contribution < -0.4 is 0 Å². The number of ketones is 1. The molecule has 94 valence electrons. The van der Waals surface area contributed by atoms with Crippen molar-refractivity contribution in [1.82, 2.24) is 0 Å². The van der Waals surface area contributed by atoms with Gasteiger partial charge in [0.15, 0.2) is 0 Å². The average molecular weight is 244 g/mol. The van der Waals surface area contributed by atoms with Crippen LogP contribution in [0.5, 0.6) is 0 Å². The number of rotatable bonds is 4. The zero-order chi connectivity index (χ0) is 13.3. The first-order chi connectivity index (χ1) is 7.27. The molecule has 0 fully saturated rings. The van der Waals surface area contributed by atoms with Gasteiger partial charge in [0, 0.05) is 0 Å². The molecule has 0 heterocycles. The van der Waals surface area contributed by atoms with E-state index in [9.17, 15) is 9.59 Å². The number of esters is 1. The van der Waals surface area contributed by atoms with Gasteiger partial charge in [-0.05, 0) is 26.7 Å². The van der Waals surface area contributed by atoms with E-state index in [0.29, 0.717) is 0 Å². The van der Waals surface area contributed by atoms with Crippen LogP contribution in [-0.4, -0.2) is 34.1 Å². The molecule has 0 spiro atoms. The lowest BCUT2D eigenvalue weighted by Crippen LogP contribution is -2.30. The highest BCUT2D eigenvalue weighted by Gasteiger charge is 2.28. The Kier molecular flexibility index (Phi) is 11.1. The molecule has 0 aliphatic rings. The van der Waals surface area contributed by atoms with E-state index in [1.165, 1.54) is 28.5 Å². The second-order valence-corrected chi connectivity index (χ2v) is 5.94. The van der Waals surface area contributed by atoms with E-state index in [-0.39, 0.29) is 17.8 Å². The van der Waals surface area contributed by atoms with Crippen LogP contribution in [0.1, 0.15) is 41.5 Å². The molecule has 0 aromatic heterocycles. The first-order valence-electron chi connectivity index (χ1n) is 5.98. The van der Waals surface area contributed by atoms with Gasteiger partial charge in [-0.15, -0.1) is 5.28 Å². The van der Waals surface area contributed by atoms with Crippen LogP contribution in [0.4, 0.5) is 0 Å². The topological polar surface area (TPSA) is 43.4 Å². The van der Waals surface area contributed by atoms with Crippen LogP contribution in [0.25, 0.3) is 0 Å². The second kappa shape index (κ2) is 9.87. The van der Waals surface area contributed by atoms with Gasteiger partial charge in [0.2, 0.25) is 16.3 Å².